The predicted octanol–water partition coefficient (Wildman–Crippen LogP) is 4.42. The van der Waals surface area contributed by atoms with Crippen molar-refractivity contribution in [2.45, 2.75) is 23.8 Å². The van der Waals surface area contributed by atoms with E-state index >= 15 is 0 Å². The Balaban J connectivity index is 1.63. The number of aromatic nitrogens is 1. The molecule has 1 fully saturated rings. The zero-order chi connectivity index (χ0) is 19.5. The van der Waals surface area contributed by atoms with E-state index in [-0.39, 0.29) is 0 Å². The van der Waals surface area contributed by atoms with Crippen molar-refractivity contribution < 1.29 is 14.6 Å². The maximum atomic E-state index is 11.6. The minimum absolute atomic E-state index is 0.511. The second-order valence-electron chi connectivity index (χ2n) is 6.61. The number of hydrogen-bond donors (Lipinski definition) is 2. The summed E-state index contributed by atoms with van der Waals surface area (Å²) in [6.45, 7) is 0.710. The van der Waals surface area contributed by atoms with Gasteiger partial charge in [0.1, 0.15) is 17.6 Å². The number of methoxy groups -OCH3 is 1. The number of nitrogens with one attached hydrogen (secondary N) is 1. The molecule has 4 rings (SSSR count). The van der Waals surface area contributed by atoms with Gasteiger partial charge in [-0.3, -0.25) is 0 Å². The molecule has 1 saturated heterocycles. The van der Waals surface area contributed by atoms with Gasteiger partial charge in [-0.05, 0) is 49.1 Å². The van der Waals surface area contributed by atoms with Crippen molar-refractivity contribution in [1.82, 2.24) is 4.98 Å². The van der Waals surface area contributed by atoms with Crippen LogP contribution in [0, 0.1) is 0 Å². The molecule has 0 saturated carbocycles. The fourth-order valence-electron chi connectivity index (χ4n) is 3.52. The zero-order valence-corrected chi connectivity index (χ0v) is 16.3. The molecule has 3 aromatic rings. The largest absolute Gasteiger partial charge is 0.497 e. The number of rotatable bonds is 6. The molecule has 0 spiro atoms. The highest BCUT2D eigenvalue weighted by atomic mass is 32.2. The van der Waals surface area contributed by atoms with Gasteiger partial charge in [0.2, 0.25) is 0 Å². The molecule has 2 aromatic carbocycles. The monoisotopic (exact) mass is 395 g/mol. The van der Waals surface area contributed by atoms with Crippen molar-refractivity contribution in [3.63, 3.8) is 0 Å². The zero-order valence-electron chi connectivity index (χ0n) is 15.5. The van der Waals surface area contributed by atoms with Crippen LogP contribution in [0.1, 0.15) is 12.8 Å². The molecular formula is C21H21N3O3S. The van der Waals surface area contributed by atoms with Crippen LogP contribution >= 0.6 is 11.9 Å². The first kappa shape index (κ1) is 18.4. The van der Waals surface area contributed by atoms with E-state index in [4.69, 9.17) is 4.74 Å². The number of fused-ring (bicyclic) bond motifs is 1. The Bertz CT molecular complexity index is 994. The van der Waals surface area contributed by atoms with Crippen LogP contribution in [0.2, 0.25) is 0 Å². The van der Waals surface area contributed by atoms with Crippen molar-refractivity contribution in [3.8, 4) is 5.75 Å². The molecule has 1 aromatic heterocycles. The molecule has 1 aliphatic rings. The van der Waals surface area contributed by atoms with Gasteiger partial charge in [0.15, 0.2) is 0 Å². The van der Waals surface area contributed by atoms with Crippen molar-refractivity contribution >= 4 is 40.2 Å². The summed E-state index contributed by atoms with van der Waals surface area (Å²) in [5.41, 5.74) is 0.895. The smallest absolute Gasteiger partial charge is 0.326 e. The molecule has 0 aliphatic carbocycles. The Hall–Kier alpha value is -2.93. The maximum absolute atomic E-state index is 11.6. The van der Waals surface area contributed by atoms with Crippen LogP contribution in [-0.2, 0) is 4.79 Å². The first-order valence-electron chi connectivity index (χ1n) is 9.11. The molecule has 1 unspecified atom stereocenters. The van der Waals surface area contributed by atoms with Crippen LogP contribution in [0.4, 0.5) is 11.5 Å². The minimum Gasteiger partial charge on any atom is -0.497 e. The SMILES string of the molecule is COc1ccc(SNc2cnc(N3CCCC3C(=O)O)c3ccccc23)cc1. The van der Waals surface area contributed by atoms with Crippen molar-refractivity contribution in [3.05, 3.63) is 54.7 Å². The number of pyridine rings is 1. The maximum Gasteiger partial charge on any atom is 0.326 e. The van der Waals surface area contributed by atoms with Crippen LogP contribution in [0.3, 0.4) is 0 Å². The highest BCUT2D eigenvalue weighted by Crippen LogP contribution is 2.35. The van der Waals surface area contributed by atoms with Crippen LogP contribution < -0.4 is 14.4 Å². The summed E-state index contributed by atoms with van der Waals surface area (Å²) in [5, 5.41) is 11.5. The second kappa shape index (κ2) is 7.98. The van der Waals surface area contributed by atoms with E-state index in [9.17, 15) is 9.90 Å². The quantitative estimate of drug-likeness (QED) is 0.599. The number of ether oxygens (including phenoxy) is 1. The van der Waals surface area contributed by atoms with E-state index in [1.807, 2.05) is 53.4 Å². The summed E-state index contributed by atoms with van der Waals surface area (Å²) in [5.74, 6) is 0.764. The van der Waals surface area contributed by atoms with Gasteiger partial charge < -0.3 is 19.5 Å². The molecule has 144 valence electrons. The van der Waals surface area contributed by atoms with Gasteiger partial charge in [-0.1, -0.05) is 24.3 Å². The lowest BCUT2D eigenvalue weighted by Crippen LogP contribution is -2.36. The molecule has 1 aliphatic heterocycles. The standard InChI is InChI=1S/C21H21N3O3S/c1-27-14-8-10-15(11-9-14)28-23-18-13-22-20(17-6-3-2-5-16(17)18)24-12-4-7-19(24)21(25)26/h2-3,5-6,8-11,13,19,23H,4,7,12H2,1H3,(H,25,26). The molecule has 0 bridgehead atoms. The van der Waals surface area contributed by atoms with Gasteiger partial charge in [0.05, 0.1) is 19.0 Å². The number of carbonyl (C=O) groups is 1. The summed E-state index contributed by atoms with van der Waals surface area (Å²) in [6, 6.07) is 15.3. The highest BCUT2D eigenvalue weighted by molar-refractivity contribution is 8.00. The first-order chi connectivity index (χ1) is 13.7. The summed E-state index contributed by atoms with van der Waals surface area (Å²) < 4.78 is 8.56. The van der Waals surface area contributed by atoms with E-state index in [1.54, 1.807) is 13.3 Å². The van der Waals surface area contributed by atoms with Crippen LogP contribution in [0.25, 0.3) is 10.8 Å². The molecule has 0 amide bonds. The van der Waals surface area contributed by atoms with E-state index < -0.39 is 12.0 Å². The molecule has 28 heavy (non-hydrogen) atoms. The Morgan fingerprint density at radius 1 is 1.21 bits per heavy atom. The number of anilines is 2. The summed E-state index contributed by atoms with van der Waals surface area (Å²) in [4.78, 5) is 19.2. The molecule has 1 atom stereocenters. The third-order valence-corrected chi connectivity index (χ3v) is 5.75. The van der Waals surface area contributed by atoms with Gasteiger partial charge in [0, 0.05) is 22.2 Å². The number of carboxylic acid groups (broad SMARTS) is 1. The topological polar surface area (TPSA) is 74.7 Å². The van der Waals surface area contributed by atoms with Gasteiger partial charge >= 0.3 is 5.97 Å². The number of benzene rings is 2. The van der Waals surface area contributed by atoms with Crippen molar-refractivity contribution in [1.29, 1.82) is 0 Å². The highest BCUT2D eigenvalue weighted by Gasteiger charge is 2.32. The molecule has 2 heterocycles. The summed E-state index contributed by atoms with van der Waals surface area (Å²) >= 11 is 1.50. The summed E-state index contributed by atoms with van der Waals surface area (Å²) in [7, 11) is 1.65. The van der Waals surface area contributed by atoms with Crippen LogP contribution in [-0.4, -0.2) is 35.8 Å². The van der Waals surface area contributed by atoms with Crippen LogP contribution in [0.15, 0.2) is 59.6 Å². The lowest BCUT2D eigenvalue weighted by atomic mass is 10.1. The van der Waals surface area contributed by atoms with E-state index in [2.05, 4.69) is 9.71 Å². The Labute approximate surface area is 167 Å². The van der Waals surface area contributed by atoms with E-state index in [1.165, 1.54) is 11.9 Å². The number of aliphatic carboxylic acids is 1. The van der Waals surface area contributed by atoms with Gasteiger partial charge in [0.25, 0.3) is 0 Å². The van der Waals surface area contributed by atoms with E-state index in [0.29, 0.717) is 13.0 Å². The number of carboxylic acids is 1. The molecule has 6 nitrogen and oxygen atoms in total. The third-order valence-electron chi connectivity index (χ3n) is 4.92. The molecule has 7 heteroatoms. The second-order valence-corrected chi connectivity index (χ2v) is 7.49. The van der Waals surface area contributed by atoms with Gasteiger partial charge in [-0.2, -0.15) is 0 Å². The van der Waals surface area contributed by atoms with Crippen LogP contribution in [0.5, 0.6) is 5.75 Å². The average Bonchev–Trinajstić information content (AvgIpc) is 3.22. The number of hydrogen-bond acceptors (Lipinski definition) is 6. The Kier molecular flexibility index (Phi) is 5.25. The Morgan fingerprint density at radius 3 is 2.68 bits per heavy atom. The fraction of sp³-hybridized carbons (Fsp3) is 0.238. The normalized spacial score (nSPS) is 16.3. The van der Waals surface area contributed by atoms with Gasteiger partial charge in [-0.25, -0.2) is 9.78 Å². The van der Waals surface area contributed by atoms with Crippen molar-refractivity contribution in [2.75, 3.05) is 23.3 Å². The number of nitrogens with zero attached hydrogens (tertiary/aromatic N) is 2. The first-order valence-corrected chi connectivity index (χ1v) is 9.93. The lowest BCUT2D eigenvalue weighted by molar-refractivity contribution is -0.138. The molecule has 0 radical (unpaired) electrons. The predicted molar refractivity (Wildman–Crippen MR) is 112 cm³/mol. The minimum atomic E-state index is -0.791. The lowest BCUT2D eigenvalue weighted by Gasteiger charge is -2.24. The average molecular weight is 395 g/mol. The van der Waals surface area contributed by atoms with E-state index in [0.717, 1.165) is 39.3 Å². The third kappa shape index (κ3) is 3.57. The van der Waals surface area contributed by atoms with Crippen molar-refractivity contribution in [2.24, 2.45) is 0 Å². The molecule has 2 N–H and O–H groups in total. The molecular weight excluding hydrogens is 374 g/mol. The summed E-state index contributed by atoms with van der Waals surface area (Å²) in [6.07, 6.45) is 3.30. The Morgan fingerprint density at radius 2 is 1.96 bits per heavy atom. The van der Waals surface area contributed by atoms with Gasteiger partial charge in [-0.15, -0.1) is 0 Å². The fourth-order valence-corrected chi connectivity index (χ4v) is 4.19.